The largest absolute Gasteiger partial charge is 0.673 e. The third-order valence-electron chi connectivity index (χ3n) is 3.91. The molecule has 4 aromatic rings. The van der Waals surface area contributed by atoms with Gasteiger partial charge in [-0.25, -0.2) is 4.99 Å². The van der Waals surface area contributed by atoms with Gasteiger partial charge >= 0.3 is 7.25 Å². The summed E-state index contributed by atoms with van der Waals surface area (Å²) in [5.74, 6) is 0.784. The summed E-state index contributed by atoms with van der Waals surface area (Å²) >= 11 is 12.2. The maximum atomic E-state index is 9.75. The Kier molecular flexibility index (Phi) is 6.85. The van der Waals surface area contributed by atoms with E-state index in [0.29, 0.717) is 10.0 Å². The Morgan fingerprint density at radius 3 is 1.97 bits per heavy atom. The van der Waals surface area contributed by atoms with Crippen molar-refractivity contribution in [3.05, 3.63) is 94.3 Å². The van der Waals surface area contributed by atoms with Crippen LogP contribution in [0.15, 0.2) is 83.3 Å². The molecule has 0 atom stereocenters. The van der Waals surface area contributed by atoms with Gasteiger partial charge in [0.1, 0.15) is 11.3 Å². The third kappa shape index (κ3) is 6.37. The van der Waals surface area contributed by atoms with Crippen LogP contribution in [0, 0.1) is 0 Å². The van der Waals surface area contributed by atoms with Crippen molar-refractivity contribution in [3.63, 3.8) is 0 Å². The number of hydrogen-bond acceptors (Lipinski definition) is 1. The first-order chi connectivity index (χ1) is 14.2. The van der Waals surface area contributed by atoms with Gasteiger partial charge in [-0.05, 0) is 30.3 Å². The summed E-state index contributed by atoms with van der Waals surface area (Å²) in [4.78, 5) is 3.43. The molecule has 1 aromatic heterocycles. The van der Waals surface area contributed by atoms with Crippen LogP contribution in [0.5, 0.6) is 0 Å². The average molecular weight is 454 g/mol. The molecule has 0 radical (unpaired) electrons. The van der Waals surface area contributed by atoms with Gasteiger partial charge in [-0.3, -0.25) is 0 Å². The summed E-state index contributed by atoms with van der Waals surface area (Å²) < 4.78 is 45.1. The molecule has 0 spiro atoms. The van der Waals surface area contributed by atoms with Crippen LogP contribution in [0.25, 0.3) is 22.3 Å². The molecule has 0 saturated carbocycles. The van der Waals surface area contributed by atoms with Crippen LogP contribution in [0.4, 0.5) is 23.0 Å². The van der Waals surface area contributed by atoms with E-state index >= 15 is 0 Å². The SMILES string of the molecule is Clc1ccc([NH+]=c2cc(-c3ccccc3)oc3ccc(Cl)cc23)cc1.F[B-](F)(F)F. The van der Waals surface area contributed by atoms with E-state index in [9.17, 15) is 17.3 Å². The number of rotatable bonds is 2. The molecule has 0 aliphatic heterocycles. The Balaban J connectivity index is 0.000000461. The van der Waals surface area contributed by atoms with Crippen molar-refractivity contribution < 1.29 is 26.7 Å². The van der Waals surface area contributed by atoms with E-state index in [1.54, 1.807) is 0 Å². The first kappa shape index (κ1) is 21.9. The van der Waals surface area contributed by atoms with Crippen molar-refractivity contribution in [3.8, 4) is 11.3 Å². The maximum Gasteiger partial charge on any atom is 0.673 e. The standard InChI is InChI=1S/C21H13Cl2NO.BF4/c22-15-6-9-17(10-7-15)24-19-13-21(14-4-2-1-3-5-14)25-20-11-8-16(23)12-18(19)20;2-1(3,4)5/h1-13H;/q;-1/p+1. The Labute approximate surface area is 179 Å². The number of fused-ring (bicyclic) bond motifs is 1. The van der Waals surface area contributed by atoms with Crippen LogP contribution in [0.2, 0.25) is 10.0 Å². The van der Waals surface area contributed by atoms with Crippen LogP contribution in [0.1, 0.15) is 0 Å². The lowest BCUT2D eigenvalue weighted by Crippen LogP contribution is -2.70. The Bertz CT molecular complexity index is 1200. The molecular weight excluding hydrogens is 440 g/mol. The zero-order valence-corrected chi connectivity index (χ0v) is 16.8. The van der Waals surface area contributed by atoms with Crippen molar-refractivity contribution in [1.82, 2.24) is 0 Å². The van der Waals surface area contributed by atoms with Crippen LogP contribution < -0.4 is 10.3 Å². The van der Waals surface area contributed by atoms with Gasteiger partial charge in [0.05, 0.1) is 11.5 Å². The van der Waals surface area contributed by atoms with Crippen molar-refractivity contribution in [2.75, 3.05) is 0 Å². The fourth-order valence-electron chi connectivity index (χ4n) is 2.70. The number of halogens is 6. The first-order valence-corrected chi connectivity index (χ1v) is 9.46. The van der Waals surface area contributed by atoms with Crippen molar-refractivity contribution >= 4 is 47.1 Å². The lowest BCUT2D eigenvalue weighted by molar-refractivity contribution is -0.400. The third-order valence-corrected chi connectivity index (χ3v) is 4.40. The second kappa shape index (κ2) is 9.37. The van der Waals surface area contributed by atoms with Gasteiger partial charge in [-0.15, -0.1) is 0 Å². The van der Waals surface area contributed by atoms with Crippen LogP contribution in [0.3, 0.4) is 0 Å². The monoisotopic (exact) mass is 453 g/mol. The summed E-state index contributed by atoms with van der Waals surface area (Å²) in [6, 6.07) is 25.2. The van der Waals surface area contributed by atoms with E-state index in [1.165, 1.54) is 0 Å². The highest BCUT2D eigenvalue weighted by Gasteiger charge is 2.20. The van der Waals surface area contributed by atoms with Crippen molar-refractivity contribution in [2.45, 2.75) is 0 Å². The highest BCUT2D eigenvalue weighted by atomic mass is 35.5. The van der Waals surface area contributed by atoms with E-state index in [1.807, 2.05) is 78.9 Å². The Morgan fingerprint density at radius 2 is 1.33 bits per heavy atom. The van der Waals surface area contributed by atoms with Gasteiger partial charge in [-0.1, -0.05) is 53.5 Å². The van der Waals surface area contributed by atoms with Crippen LogP contribution in [-0.4, -0.2) is 7.25 Å². The molecule has 9 heteroatoms. The number of benzene rings is 3. The number of nitrogens with one attached hydrogen (secondary N) is 1. The molecule has 0 aliphatic carbocycles. The zero-order chi connectivity index (χ0) is 21.7. The molecular formula is C21H14BCl2F4NO. The Morgan fingerprint density at radius 1 is 0.733 bits per heavy atom. The molecule has 0 aliphatic rings. The summed E-state index contributed by atoms with van der Waals surface area (Å²) in [5, 5.41) is 3.20. The highest BCUT2D eigenvalue weighted by molar-refractivity contribution is 6.50. The second-order valence-corrected chi connectivity index (χ2v) is 7.03. The smallest absolute Gasteiger partial charge is 0.456 e. The normalized spacial score (nSPS) is 11.9. The average Bonchev–Trinajstić information content (AvgIpc) is 2.69. The van der Waals surface area contributed by atoms with Crippen LogP contribution >= 0.6 is 23.2 Å². The zero-order valence-electron chi connectivity index (χ0n) is 15.3. The minimum atomic E-state index is -6.00. The van der Waals surface area contributed by atoms with Gasteiger partial charge in [0.15, 0.2) is 0 Å². The van der Waals surface area contributed by atoms with Gasteiger partial charge in [0.2, 0.25) is 11.0 Å². The molecule has 0 saturated heterocycles. The second-order valence-electron chi connectivity index (χ2n) is 6.16. The quantitative estimate of drug-likeness (QED) is 0.291. The Hall–Kier alpha value is -2.77. The highest BCUT2D eigenvalue weighted by Crippen LogP contribution is 2.23. The predicted molar refractivity (Wildman–Crippen MR) is 112 cm³/mol. The molecule has 154 valence electrons. The summed E-state index contributed by atoms with van der Waals surface area (Å²) in [6.07, 6.45) is 0. The van der Waals surface area contributed by atoms with E-state index in [2.05, 4.69) is 4.99 Å². The summed E-state index contributed by atoms with van der Waals surface area (Å²) in [6.45, 7) is 0. The minimum absolute atomic E-state index is 0.661. The fourth-order valence-corrected chi connectivity index (χ4v) is 2.99. The minimum Gasteiger partial charge on any atom is -0.456 e. The van der Waals surface area contributed by atoms with E-state index in [4.69, 9.17) is 27.6 Å². The molecule has 2 nitrogen and oxygen atoms in total. The molecule has 0 unspecified atom stereocenters. The van der Waals surface area contributed by atoms with E-state index in [-0.39, 0.29) is 0 Å². The maximum absolute atomic E-state index is 9.75. The topological polar surface area (TPSA) is 27.1 Å². The molecule has 0 bridgehead atoms. The summed E-state index contributed by atoms with van der Waals surface area (Å²) in [5.41, 5.74) is 2.72. The molecule has 3 aromatic carbocycles. The van der Waals surface area contributed by atoms with Gasteiger partial charge in [0.25, 0.3) is 0 Å². The predicted octanol–water partition coefficient (Wildman–Crippen LogP) is 6.02. The molecule has 30 heavy (non-hydrogen) atoms. The molecule has 1 heterocycles. The lowest BCUT2D eigenvalue weighted by atomic mass is 10.1. The van der Waals surface area contributed by atoms with Crippen LogP contribution in [-0.2, 0) is 0 Å². The van der Waals surface area contributed by atoms with Crippen molar-refractivity contribution in [2.24, 2.45) is 0 Å². The van der Waals surface area contributed by atoms with E-state index < -0.39 is 7.25 Å². The molecule has 0 fully saturated rings. The summed E-state index contributed by atoms with van der Waals surface area (Å²) in [7, 11) is -6.00. The fraction of sp³-hybridized carbons (Fsp3) is 0. The van der Waals surface area contributed by atoms with Gasteiger partial charge < -0.3 is 21.7 Å². The first-order valence-electron chi connectivity index (χ1n) is 8.71. The van der Waals surface area contributed by atoms with Gasteiger partial charge in [-0.2, -0.15) is 0 Å². The molecule has 4 rings (SSSR count). The van der Waals surface area contributed by atoms with Crippen molar-refractivity contribution in [1.29, 1.82) is 0 Å². The van der Waals surface area contributed by atoms with E-state index in [0.717, 1.165) is 33.3 Å². The van der Waals surface area contributed by atoms with Gasteiger partial charge in [0, 0.05) is 27.7 Å². The number of hydrogen-bond donors (Lipinski definition) is 1. The molecule has 0 amide bonds. The molecule has 1 N–H and O–H groups in total. The lowest BCUT2D eigenvalue weighted by Gasteiger charge is -2.03.